The first-order chi connectivity index (χ1) is 8.08. The Hall–Kier alpha value is -0.120. The predicted molar refractivity (Wildman–Crippen MR) is 73.1 cm³/mol. The van der Waals surface area contributed by atoms with Crippen LogP contribution in [0.1, 0.15) is 39.5 Å². The van der Waals surface area contributed by atoms with Crippen LogP contribution in [0.15, 0.2) is 0 Å². The molecule has 1 saturated carbocycles. The second-order valence-electron chi connectivity index (χ2n) is 6.35. The van der Waals surface area contributed by atoms with Gasteiger partial charge in [0.1, 0.15) is 0 Å². The Kier molecular flexibility index (Phi) is 4.45. The van der Waals surface area contributed by atoms with Gasteiger partial charge in [-0.25, -0.2) is 0 Å². The fraction of sp³-hybridized carbons (Fsp3) is 1.00. The van der Waals surface area contributed by atoms with E-state index in [0.717, 1.165) is 5.92 Å². The van der Waals surface area contributed by atoms with Crippen LogP contribution in [-0.2, 0) is 0 Å². The summed E-state index contributed by atoms with van der Waals surface area (Å²) in [5.74, 6) is 0.855. The SMILES string of the molecule is CC1CCC(N)C(N2CCCN(C)CC2C)C1. The van der Waals surface area contributed by atoms with Gasteiger partial charge in [-0.2, -0.15) is 0 Å². The highest BCUT2D eigenvalue weighted by Crippen LogP contribution is 2.28. The number of nitrogens with two attached hydrogens (primary N) is 1. The zero-order valence-electron chi connectivity index (χ0n) is 11.7. The quantitative estimate of drug-likeness (QED) is 0.753. The van der Waals surface area contributed by atoms with Crippen LogP contribution in [0.3, 0.4) is 0 Å². The number of rotatable bonds is 1. The highest BCUT2D eigenvalue weighted by molar-refractivity contribution is 4.91. The van der Waals surface area contributed by atoms with Crippen LogP contribution in [-0.4, -0.2) is 54.6 Å². The molecule has 0 amide bonds. The zero-order valence-corrected chi connectivity index (χ0v) is 11.7. The Balaban J connectivity index is 2.03. The van der Waals surface area contributed by atoms with E-state index in [1.54, 1.807) is 0 Å². The molecule has 2 fully saturated rings. The molecule has 2 rings (SSSR count). The van der Waals surface area contributed by atoms with Gasteiger partial charge in [-0.15, -0.1) is 0 Å². The van der Waals surface area contributed by atoms with Gasteiger partial charge in [0, 0.05) is 31.2 Å². The molecule has 1 aliphatic carbocycles. The minimum absolute atomic E-state index is 0.400. The standard InChI is InChI=1S/C14H29N3/c1-11-5-6-13(15)14(9-11)17-8-4-7-16(3)10-12(17)2/h11-14H,4-10,15H2,1-3H3. The lowest BCUT2D eigenvalue weighted by atomic mass is 9.82. The van der Waals surface area contributed by atoms with E-state index in [0.29, 0.717) is 18.1 Å². The van der Waals surface area contributed by atoms with Crippen LogP contribution in [0, 0.1) is 5.92 Å². The predicted octanol–water partition coefficient (Wildman–Crippen LogP) is 1.53. The summed E-state index contributed by atoms with van der Waals surface area (Å²) in [7, 11) is 2.24. The summed E-state index contributed by atoms with van der Waals surface area (Å²) in [6.45, 7) is 8.41. The molecule has 0 aromatic carbocycles. The van der Waals surface area contributed by atoms with Gasteiger partial charge in [-0.05, 0) is 52.1 Å². The van der Waals surface area contributed by atoms with Gasteiger partial charge in [0.05, 0.1) is 0 Å². The average molecular weight is 239 g/mol. The first-order valence-corrected chi connectivity index (χ1v) is 7.27. The van der Waals surface area contributed by atoms with Crippen LogP contribution < -0.4 is 5.73 Å². The lowest BCUT2D eigenvalue weighted by Gasteiger charge is -2.43. The summed E-state index contributed by atoms with van der Waals surface area (Å²) in [6, 6.07) is 1.68. The molecule has 0 bridgehead atoms. The molecule has 0 radical (unpaired) electrons. The van der Waals surface area contributed by atoms with E-state index in [2.05, 4.69) is 30.7 Å². The third-order valence-corrected chi connectivity index (χ3v) is 4.66. The average Bonchev–Trinajstić information content (AvgIpc) is 2.43. The lowest BCUT2D eigenvalue weighted by Crippen LogP contribution is -2.55. The topological polar surface area (TPSA) is 32.5 Å². The van der Waals surface area contributed by atoms with Crippen molar-refractivity contribution in [2.45, 2.75) is 57.7 Å². The molecule has 4 unspecified atom stereocenters. The van der Waals surface area contributed by atoms with Crippen molar-refractivity contribution < 1.29 is 0 Å². The van der Waals surface area contributed by atoms with Crippen molar-refractivity contribution in [3.63, 3.8) is 0 Å². The van der Waals surface area contributed by atoms with Crippen LogP contribution in [0.25, 0.3) is 0 Å². The molecule has 2 N–H and O–H groups in total. The van der Waals surface area contributed by atoms with Crippen molar-refractivity contribution in [3.05, 3.63) is 0 Å². The fourth-order valence-electron chi connectivity index (χ4n) is 3.64. The van der Waals surface area contributed by atoms with Crippen LogP contribution in [0.4, 0.5) is 0 Å². The van der Waals surface area contributed by atoms with E-state index in [-0.39, 0.29) is 0 Å². The highest BCUT2D eigenvalue weighted by Gasteiger charge is 2.34. The van der Waals surface area contributed by atoms with Gasteiger partial charge in [-0.3, -0.25) is 4.90 Å². The van der Waals surface area contributed by atoms with Crippen molar-refractivity contribution in [1.29, 1.82) is 0 Å². The molecule has 0 aromatic heterocycles. The summed E-state index contributed by atoms with van der Waals surface area (Å²) < 4.78 is 0. The van der Waals surface area contributed by atoms with Gasteiger partial charge >= 0.3 is 0 Å². The van der Waals surface area contributed by atoms with Crippen molar-refractivity contribution in [1.82, 2.24) is 9.80 Å². The summed E-state index contributed by atoms with van der Waals surface area (Å²) in [6.07, 6.45) is 5.12. The van der Waals surface area contributed by atoms with Gasteiger partial charge < -0.3 is 10.6 Å². The maximum absolute atomic E-state index is 6.36. The first kappa shape index (κ1) is 13.3. The Morgan fingerprint density at radius 2 is 1.88 bits per heavy atom. The normalized spacial score (nSPS) is 42.4. The Morgan fingerprint density at radius 3 is 2.65 bits per heavy atom. The number of hydrogen-bond donors (Lipinski definition) is 1. The first-order valence-electron chi connectivity index (χ1n) is 7.27. The van der Waals surface area contributed by atoms with Gasteiger partial charge in [0.2, 0.25) is 0 Å². The smallest absolute Gasteiger partial charge is 0.0253 e. The molecule has 3 heteroatoms. The van der Waals surface area contributed by atoms with E-state index < -0.39 is 0 Å². The molecule has 3 nitrogen and oxygen atoms in total. The van der Waals surface area contributed by atoms with Crippen LogP contribution in [0.2, 0.25) is 0 Å². The molecule has 2 aliphatic rings. The molecule has 0 spiro atoms. The molecule has 1 saturated heterocycles. The zero-order chi connectivity index (χ0) is 12.4. The van der Waals surface area contributed by atoms with E-state index in [1.165, 1.54) is 45.3 Å². The lowest BCUT2D eigenvalue weighted by molar-refractivity contribution is 0.0824. The Bertz CT molecular complexity index is 244. The van der Waals surface area contributed by atoms with Gasteiger partial charge in [0.25, 0.3) is 0 Å². The largest absolute Gasteiger partial charge is 0.326 e. The maximum atomic E-state index is 6.36. The number of likely N-dealkylation sites (N-methyl/N-ethyl adjacent to an activating group) is 1. The molecule has 0 aromatic rings. The van der Waals surface area contributed by atoms with Crippen LogP contribution in [0.5, 0.6) is 0 Å². The maximum Gasteiger partial charge on any atom is 0.0253 e. The second-order valence-corrected chi connectivity index (χ2v) is 6.35. The summed E-state index contributed by atoms with van der Waals surface area (Å²) in [5.41, 5.74) is 6.36. The van der Waals surface area contributed by atoms with Gasteiger partial charge in [0.15, 0.2) is 0 Å². The van der Waals surface area contributed by atoms with E-state index in [9.17, 15) is 0 Å². The third kappa shape index (κ3) is 3.21. The minimum atomic E-state index is 0.400. The molecule has 1 aliphatic heterocycles. The number of nitrogens with zero attached hydrogens (tertiary/aromatic N) is 2. The number of hydrogen-bond acceptors (Lipinski definition) is 3. The Labute approximate surface area is 106 Å². The third-order valence-electron chi connectivity index (χ3n) is 4.66. The molecular weight excluding hydrogens is 210 g/mol. The van der Waals surface area contributed by atoms with Gasteiger partial charge in [-0.1, -0.05) is 6.92 Å². The van der Waals surface area contributed by atoms with Crippen LogP contribution >= 0.6 is 0 Å². The highest BCUT2D eigenvalue weighted by atomic mass is 15.3. The van der Waals surface area contributed by atoms with E-state index in [4.69, 9.17) is 5.73 Å². The molecule has 1 heterocycles. The van der Waals surface area contributed by atoms with Crippen molar-refractivity contribution >= 4 is 0 Å². The molecule has 4 atom stereocenters. The fourth-order valence-corrected chi connectivity index (χ4v) is 3.64. The second kappa shape index (κ2) is 5.68. The molecule has 17 heavy (non-hydrogen) atoms. The van der Waals surface area contributed by atoms with E-state index >= 15 is 0 Å². The van der Waals surface area contributed by atoms with Crippen molar-refractivity contribution in [3.8, 4) is 0 Å². The Morgan fingerprint density at radius 1 is 1.12 bits per heavy atom. The minimum Gasteiger partial charge on any atom is -0.326 e. The summed E-state index contributed by atoms with van der Waals surface area (Å²) >= 11 is 0. The molecular formula is C14H29N3. The monoisotopic (exact) mass is 239 g/mol. The summed E-state index contributed by atoms with van der Waals surface area (Å²) in [5, 5.41) is 0. The molecule has 100 valence electrons. The van der Waals surface area contributed by atoms with Crippen molar-refractivity contribution in [2.24, 2.45) is 11.7 Å². The van der Waals surface area contributed by atoms with E-state index in [1.807, 2.05) is 0 Å². The summed E-state index contributed by atoms with van der Waals surface area (Å²) in [4.78, 5) is 5.16. The van der Waals surface area contributed by atoms with Crippen molar-refractivity contribution in [2.75, 3.05) is 26.7 Å².